The predicted molar refractivity (Wildman–Crippen MR) is 378 cm³/mol. The topological polar surface area (TPSA) is 78.1 Å². The molecule has 0 atom stereocenters. The van der Waals surface area contributed by atoms with Crippen LogP contribution in [0.25, 0.3) is 88.4 Å². The molecule has 0 radical (unpaired) electrons. The summed E-state index contributed by atoms with van der Waals surface area (Å²) in [5.41, 5.74) is 21.7. The van der Waals surface area contributed by atoms with Crippen LogP contribution in [-0.4, -0.2) is 26.0 Å². The van der Waals surface area contributed by atoms with E-state index in [4.69, 9.17) is 0 Å². The fraction of sp³-hybridized carbons (Fsp3) is 0.0345. The average molecular weight is 1250 g/mol. The summed E-state index contributed by atoms with van der Waals surface area (Å²) in [5.74, 6) is 0. The molecule has 0 saturated heterocycles. The van der Waals surface area contributed by atoms with Gasteiger partial charge in [-0.05, 0) is 162 Å². The third-order valence-electron chi connectivity index (χ3n) is 22.1. The minimum Gasteiger partial charge on any atom is -0.309 e. The molecule has 0 saturated carbocycles. The van der Waals surface area contributed by atoms with E-state index in [0.717, 1.165) is 133 Å². The summed E-state index contributed by atoms with van der Waals surface area (Å²) in [5, 5.41) is 3.77. The third-order valence-corrected chi connectivity index (χ3v) is 25.8. The number of hydrogen-bond donors (Lipinski definition) is 0. The van der Waals surface area contributed by atoms with Gasteiger partial charge < -0.3 is 9.13 Å². The number of nitrogens with zero attached hydrogens (tertiary/aromatic N) is 2. The second kappa shape index (κ2) is 18.5. The Morgan fingerprint density at radius 2 is 0.495 bits per heavy atom. The van der Waals surface area contributed by atoms with E-state index in [0.29, 0.717) is 19.6 Å². The molecule has 6 nitrogen and oxygen atoms in total. The van der Waals surface area contributed by atoms with Crippen LogP contribution in [0.3, 0.4) is 0 Å². The third kappa shape index (κ3) is 6.26. The van der Waals surface area contributed by atoms with Crippen molar-refractivity contribution in [1.29, 1.82) is 0 Å². The molecule has 8 heteroatoms. The fourth-order valence-electron chi connectivity index (χ4n) is 18.7. The summed E-state index contributed by atoms with van der Waals surface area (Å²) >= 11 is 0. The van der Waals surface area contributed by atoms with Crippen molar-refractivity contribution < 1.29 is 16.8 Å². The zero-order chi connectivity index (χ0) is 62.9. The zero-order valence-electron chi connectivity index (χ0n) is 50.9. The maximum atomic E-state index is 15.4. The molecule has 0 bridgehead atoms. The smallest absolute Gasteiger partial charge is 0.207 e. The van der Waals surface area contributed by atoms with Gasteiger partial charge in [0.1, 0.15) is 0 Å². The van der Waals surface area contributed by atoms with Crippen molar-refractivity contribution in [2.75, 3.05) is 0 Å². The highest BCUT2D eigenvalue weighted by molar-refractivity contribution is 7.92. The molecule has 0 fully saturated rings. The van der Waals surface area contributed by atoms with Crippen LogP contribution >= 0.6 is 0 Å². The number of sulfone groups is 2. The Morgan fingerprint density at radius 3 is 0.832 bits per heavy atom. The maximum Gasteiger partial charge on any atom is 0.207 e. The highest BCUT2D eigenvalue weighted by atomic mass is 32.2. The van der Waals surface area contributed by atoms with Crippen LogP contribution in [0.5, 0.6) is 0 Å². The molecular formula is C87H52N2O4S2. The van der Waals surface area contributed by atoms with Crippen molar-refractivity contribution in [2.45, 2.75) is 35.8 Å². The van der Waals surface area contributed by atoms with E-state index in [-0.39, 0.29) is 0 Å². The van der Waals surface area contributed by atoms with Crippen molar-refractivity contribution in [3.63, 3.8) is 0 Å². The van der Waals surface area contributed by atoms with E-state index in [1.807, 2.05) is 60.7 Å². The van der Waals surface area contributed by atoms with Gasteiger partial charge in [-0.25, -0.2) is 16.8 Å². The molecule has 16 aromatic rings. The summed E-state index contributed by atoms with van der Waals surface area (Å²) in [6, 6.07) is 110. The molecule has 3 aliphatic carbocycles. The van der Waals surface area contributed by atoms with Gasteiger partial charge >= 0.3 is 0 Å². The van der Waals surface area contributed by atoms with Crippen LogP contribution in [0.15, 0.2) is 335 Å². The maximum absolute atomic E-state index is 15.4. The first-order chi connectivity index (χ1) is 46.7. The molecular weight excluding hydrogens is 1200 g/mol. The number of fused-ring (bicyclic) bond motifs is 29. The summed E-state index contributed by atoms with van der Waals surface area (Å²) in [6.07, 6.45) is 0. The molecule has 2 aromatic heterocycles. The van der Waals surface area contributed by atoms with E-state index in [1.54, 1.807) is 12.1 Å². The first-order valence-electron chi connectivity index (χ1n) is 32.3. The van der Waals surface area contributed by atoms with E-state index >= 15 is 16.8 Å². The molecule has 14 aromatic carbocycles. The lowest BCUT2D eigenvalue weighted by atomic mass is 9.66. The van der Waals surface area contributed by atoms with Crippen molar-refractivity contribution in [3.8, 4) is 44.8 Å². The number of rotatable bonds is 4. The van der Waals surface area contributed by atoms with Crippen LogP contribution in [0.2, 0.25) is 0 Å². The lowest BCUT2D eigenvalue weighted by Crippen LogP contribution is -2.36. The van der Waals surface area contributed by atoms with Gasteiger partial charge in [0, 0.05) is 44.0 Å². The second-order valence-corrected chi connectivity index (χ2v) is 29.8. The normalized spacial score (nSPS) is 16.0. The molecule has 2 aliphatic heterocycles. The average Bonchev–Trinajstić information content (AvgIpc) is 1.58. The van der Waals surface area contributed by atoms with Gasteiger partial charge in [0.25, 0.3) is 0 Å². The zero-order valence-corrected chi connectivity index (χ0v) is 52.5. The first kappa shape index (κ1) is 53.1. The molecule has 4 heterocycles. The number of hydrogen-bond acceptors (Lipinski definition) is 4. The first-order valence-corrected chi connectivity index (χ1v) is 35.3. The molecule has 0 unspecified atom stereocenters. The molecule has 21 rings (SSSR count). The Balaban J connectivity index is 0.770. The van der Waals surface area contributed by atoms with E-state index in [2.05, 4.69) is 252 Å². The highest BCUT2D eigenvalue weighted by Crippen LogP contribution is 2.66. The highest BCUT2D eigenvalue weighted by Gasteiger charge is 2.57. The van der Waals surface area contributed by atoms with Crippen molar-refractivity contribution in [3.05, 3.63) is 382 Å². The second-order valence-electron chi connectivity index (χ2n) is 26.0. The summed E-state index contributed by atoms with van der Waals surface area (Å²) in [6.45, 7) is 0. The van der Waals surface area contributed by atoms with Gasteiger partial charge in [-0.2, -0.15) is 0 Å². The lowest BCUT2D eigenvalue weighted by Gasteiger charge is -2.40. The Morgan fingerprint density at radius 1 is 0.221 bits per heavy atom. The molecule has 95 heavy (non-hydrogen) atoms. The molecule has 2 spiro atoms. The minimum atomic E-state index is -3.99. The summed E-state index contributed by atoms with van der Waals surface area (Å²) in [4.78, 5) is 1.33. The molecule has 446 valence electrons. The number of para-hydroxylation sites is 2. The van der Waals surface area contributed by atoms with Crippen molar-refractivity contribution in [2.24, 2.45) is 0 Å². The molecule has 0 N–H and O–H groups in total. The number of aromatic nitrogens is 2. The standard InChI is InChI=1S/C87H52N2O4S2/c90-94(91)77-39-19-15-35-71(77)86(67-31-11-3-23-59(67)60-24-4-12-32-68(60)86)83-79(94)51-49-75-81(83)63-27-7-17-37-73(63)88(75)55-45-41-53(42-46-55)85(65-29-9-1-21-57(65)58-22-2-10-30-66(58)85)54-43-47-56(48-44-54)89-74-38-18-8-28-64(74)82-76(89)50-52-80-84(82)87(72-36-16-20-40-78(72)95(80,92)93)69-33-13-5-25-61(69)62-26-6-14-34-70(62)87/h1-52H. The lowest BCUT2D eigenvalue weighted by molar-refractivity contribution is 0.580. The largest absolute Gasteiger partial charge is 0.309 e. The monoisotopic (exact) mass is 1250 g/mol. The van der Waals surface area contributed by atoms with Gasteiger partial charge in [0.15, 0.2) is 0 Å². The van der Waals surface area contributed by atoms with Crippen LogP contribution in [0.1, 0.15) is 66.8 Å². The van der Waals surface area contributed by atoms with E-state index in [1.165, 1.54) is 22.3 Å². The Hall–Kier alpha value is -11.4. The Labute approximate surface area is 548 Å². The van der Waals surface area contributed by atoms with Gasteiger partial charge in [-0.1, -0.05) is 243 Å². The van der Waals surface area contributed by atoms with Crippen LogP contribution in [0.4, 0.5) is 0 Å². The van der Waals surface area contributed by atoms with Gasteiger partial charge in [-0.3, -0.25) is 0 Å². The van der Waals surface area contributed by atoms with Crippen LogP contribution in [-0.2, 0) is 35.9 Å². The SMILES string of the molecule is O=S1(=O)c2ccccc2C2(c3ccccc3-c3ccccc32)c2c1ccc1c2c2ccccc2n1-c1ccc(C2(c3ccc(-n4c5ccccc5c5c6c(ccc54)S(=O)(=O)c4ccccc4C64c5ccccc5-c5ccccc54)cc3)c3ccccc3-c3ccccc32)cc1. The quantitative estimate of drug-likeness (QED) is 0.176. The van der Waals surface area contributed by atoms with Crippen LogP contribution < -0.4 is 0 Å². The van der Waals surface area contributed by atoms with Gasteiger partial charge in [0.05, 0.1) is 57.9 Å². The van der Waals surface area contributed by atoms with Crippen LogP contribution in [0, 0.1) is 0 Å². The van der Waals surface area contributed by atoms with Gasteiger partial charge in [-0.15, -0.1) is 0 Å². The van der Waals surface area contributed by atoms with E-state index in [9.17, 15) is 0 Å². The summed E-state index contributed by atoms with van der Waals surface area (Å²) < 4.78 is 66.1. The van der Waals surface area contributed by atoms with Gasteiger partial charge in [0.2, 0.25) is 19.7 Å². The number of benzene rings is 14. The van der Waals surface area contributed by atoms with Crippen molar-refractivity contribution >= 4 is 63.3 Å². The Kier molecular flexibility index (Phi) is 10.3. The summed E-state index contributed by atoms with van der Waals surface area (Å²) in [7, 11) is -7.97. The molecule has 5 aliphatic rings. The Bertz CT molecular complexity index is 5910. The molecule has 0 amide bonds. The minimum absolute atomic E-state index is 0.327. The van der Waals surface area contributed by atoms with E-state index < -0.39 is 35.9 Å². The predicted octanol–water partition coefficient (Wildman–Crippen LogP) is 19.3. The van der Waals surface area contributed by atoms with Crippen molar-refractivity contribution in [1.82, 2.24) is 9.13 Å². The fourth-order valence-corrected chi connectivity index (χ4v) is 22.2.